The molecule has 0 atom stereocenters. The standard InChI is InChI=1S/C28H26N2O4S/c1-33-19-34-23-14-12-21(13-15-23)24(31)16-17-26(32)29-28-30-27(22-10-6-3-7-11-22)25(35-28)18-20-8-4-2-5-9-20/h2-15H,16-19H2,1H3,(H,29,30,32). The van der Waals surface area contributed by atoms with Crippen LogP contribution in [0, 0.1) is 0 Å². The van der Waals surface area contributed by atoms with Crippen LogP contribution in [-0.2, 0) is 16.0 Å². The Hall–Kier alpha value is -3.81. The van der Waals surface area contributed by atoms with Gasteiger partial charge in [0.05, 0.1) is 5.69 Å². The fraction of sp³-hybridized carbons (Fsp3) is 0.179. The zero-order valence-electron chi connectivity index (χ0n) is 19.4. The molecule has 1 heterocycles. The van der Waals surface area contributed by atoms with Crippen LogP contribution in [0.1, 0.15) is 33.6 Å². The summed E-state index contributed by atoms with van der Waals surface area (Å²) in [5, 5.41) is 3.41. The molecule has 1 amide bonds. The van der Waals surface area contributed by atoms with Crippen molar-refractivity contribution in [1.29, 1.82) is 0 Å². The molecule has 178 valence electrons. The number of Topliss-reactive ketones (excluding diaryl/α,β-unsaturated/α-hetero) is 1. The molecule has 0 aliphatic heterocycles. The molecule has 0 aliphatic carbocycles. The molecule has 0 saturated heterocycles. The molecule has 3 aromatic carbocycles. The average Bonchev–Trinajstić information content (AvgIpc) is 3.29. The molecule has 1 N–H and O–H groups in total. The Morgan fingerprint density at radius 3 is 2.26 bits per heavy atom. The molecule has 1 aromatic heterocycles. The molecule has 6 nitrogen and oxygen atoms in total. The molecule has 35 heavy (non-hydrogen) atoms. The summed E-state index contributed by atoms with van der Waals surface area (Å²) in [6.07, 6.45) is 0.911. The number of thiazole rings is 1. The number of methoxy groups -OCH3 is 1. The molecule has 0 bridgehead atoms. The van der Waals surface area contributed by atoms with Crippen molar-refractivity contribution in [3.63, 3.8) is 0 Å². The number of ether oxygens (including phenoxy) is 2. The van der Waals surface area contributed by atoms with Crippen molar-refractivity contribution in [2.24, 2.45) is 0 Å². The highest BCUT2D eigenvalue weighted by molar-refractivity contribution is 7.16. The quantitative estimate of drug-likeness (QED) is 0.208. The second kappa shape index (κ2) is 12.1. The van der Waals surface area contributed by atoms with Gasteiger partial charge in [-0.1, -0.05) is 60.7 Å². The fourth-order valence-corrected chi connectivity index (χ4v) is 4.58. The number of benzene rings is 3. The number of carbonyl (C=O) groups excluding carboxylic acids is 2. The lowest BCUT2D eigenvalue weighted by atomic mass is 10.1. The van der Waals surface area contributed by atoms with E-state index in [0.717, 1.165) is 22.6 Å². The van der Waals surface area contributed by atoms with Gasteiger partial charge in [0.1, 0.15) is 5.75 Å². The zero-order valence-corrected chi connectivity index (χ0v) is 20.2. The summed E-state index contributed by atoms with van der Waals surface area (Å²) in [6, 6.07) is 26.9. The van der Waals surface area contributed by atoms with Crippen LogP contribution in [0.5, 0.6) is 5.75 Å². The highest BCUT2D eigenvalue weighted by atomic mass is 32.1. The number of nitrogens with one attached hydrogen (secondary N) is 1. The average molecular weight is 487 g/mol. The second-order valence-corrected chi connectivity index (χ2v) is 8.95. The maximum atomic E-state index is 12.6. The van der Waals surface area contributed by atoms with E-state index in [1.807, 2.05) is 48.5 Å². The lowest BCUT2D eigenvalue weighted by Gasteiger charge is -2.06. The molecule has 7 heteroatoms. The number of hydrogen-bond donors (Lipinski definition) is 1. The number of carbonyl (C=O) groups is 2. The second-order valence-electron chi connectivity index (χ2n) is 7.87. The number of nitrogens with zero attached hydrogens (tertiary/aromatic N) is 1. The summed E-state index contributed by atoms with van der Waals surface area (Å²) in [7, 11) is 1.54. The van der Waals surface area contributed by atoms with Gasteiger partial charge in [0, 0.05) is 42.4 Å². The third kappa shape index (κ3) is 6.85. The lowest BCUT2D eigenvalue weighted by molar-refractivity contribution is -0.116. The van der Waals surface area contributed by atoms with Gasteiger partial charge < -0.3 is 14.8 Å². The van der Waals surface area contributed by atoms with E-state index < -0.39 is 0 Å². The zero-order chi connectivity index (χ0) is 24.5. The predicted octanol–water partition coefficient (Wildman–Crippen LogP) is 5.99. The van der Waals surface area contributed by atoms with Crippen LogP contribution in [0.15, 0.2) is 84.9 Å². The number of amides is 1. The first-order valence-electron chi connectivity index (χ1n) is 11.3. The van der Waals surface area contributed by atoms with Crippen LogP contribution < -0.4 is 10.1 Å². The van der Waals surface area contributed by atoms with E-state index in [1.165, 1.54) is 16.9 Å². The molecular formula is C28H26N2O4S. The van der Waals surface area contributed by atoms with Gasteiger partial charge in [-0.2, -0.15) is 0 Å². The first-order valence-corrected chi connectivity index (χ1v) is 12.1. The van der Waals surface area contributed by atoms with E-state index in [2.05, 4.69) is 17.4 Å². The predicted molar refractivity (Wildman–Crippen MR) is 138 cm³/mol. The van der Waals surface area contributed by atoms with Crippen molar-refractivity contribution >= 4 is 28.2 Å². The van der Waals surface area contributed by atoms with Crippen LogP contribution in [-0.4, -0.2) is 30.6 Å². The summed E-state index contributed by atoms with van der Waals surface area (Å²) >= 11 is 1.46. The van der Waals surface area contributed by atoms with E-state index in [1.54, 1.807) is 31.4 Å². The molecule has 4 aromatic rings. The van der Waals surface area contributed by atoms with Gasteiger partial charge in [0.2, 0.25) is 5.91 Å². The first kappa shape index (κ1) is 24.3. The Morgan fingerprint density at radius 1 is 0.886 bits per heavy atom. The van der Waals surface area contributed by atoms with Gasteiger partial charge >= 0.3 is 0 Å². The first-order chi connectivity index (χ1) is 17.1. The smallest absolute Gasteiger partial charge is 0.226 e. The van der Waals surface area contributed by atoms with Gasteiger partial charge in [0.15, 0.2) is 17.7 Å². The van der Waals surface area contributed by atoms with Crippen molar-refractivity contribution in [3.05, 3.63) is 101 Å². The number of anilines is 1. The summed E-state index contributed by atoms with van der Waals surface area (Å²) in [4.78, 5) is 30.9. The molecule has 0 spiro atoms. The molecular weight excluding hydrogens is 460 g/mol. The van der Waals surface area contributed by atoms with Crippen LogP contribution in [0.2, 0.25) is 0 Å². The van der Waals surface area contributed by atoms with E-state index in [0.29, 0.717) is 16.4 Å². The largest absolute Gasteiger partial charge is 0.468 e. The van der Waals surface area contributed by atoms with Crippen molar-refractivity contribution in [2.75, 3.05) is 19.2 Å². The Labute approximate surface area is 208 Å². The Kier molecular flexibility index (Phi) is 8.38. The Balaban J connectivity index is 1.40. The lowest BCUT2D eigenvalue weighted by Crippen LogP contribution is -2.13. The summed E-state index contributed by atoms with van der Waals surface area (Å²) in [5.41, 5.74) is 3.58. The van der Waals surface area contributed by atoms with Crippen molar-refractivity contribution in [3.8, 4) is 17.0 Å². The third-order valence-corrected chi connectivity index (χ3v) is 6.27. The Morgan fingerprint density at radius 2 is 1.57 bits per heavy atom. The van der Waals surface area contributed by atoms with Crippen LogP contribution in [0.3, 0.4) is 0 Å². The normalized spacial score (nSPS) is 10.7. The molecule has 0 radical (unpaired) electrons. The number of hydrogen-bond acceptors (Lipinski definition) is 6. The minimum atomic E-state index is -0.238. The molecule has 0 unspecified atom stereocenters. The van der Waals surface area contributed by atoms with Gasteiger partial charge in [-0.25, -0.2) is 4.98 Å². The van der Waals surface area contributed by atoms with E-state index in [-0.39, 0.29) is 31.3 Å². The number of aromatic nitrogens is 1. The monoisotopic (exact) mass is 486 g/mol. The number of ketones is 1. The van der Waals surface area contributed by atoms with Crippen molar-refractivity contribution < 1.29 is 19.1 Å². The number of rotatable bonds is 11. The highest BCUT2D eigenvalue weighted by Crippen LogP contribution is 2.33. The SMILES string of the molecule is COCOc1ccc(C(=O)CCC(=O)Nc2nc(-c3ccccc3)c(Cc3ccccc3)s2)cc1. The summed E-state index contributed by atoms with van der Waals surface area (Å²) < 4.78 is 10.2. The van der Waals surface area contributed by atoms with Gasteiger partial charge in [0.25, 0.3) is 0 Å². The van der Waals surface area contributed by atoms with E-state index in [9.17, 15) is 9.59 Å². The summed E-state index contributed by atoms with van der Waals surface area (Å²) in [5.74, 6) is 0.274. The van der Waals surface area contributed by atoms with Gasteiger partial charge in [-0.15, -0.1) is 11.3 Å². The summed E-state index contributed by atoms with van der Waals surface area (Å²) in [6.45, 7) is 0.142. The van der Waals surface area contributed by atoms with Crippen molar-refractivity contribution in [2.45, 2.75) is 19.3 Å². The fourth-order valence-electron chi connectivity index (χ4n) is 3.55. The van der Waals surface area contributed by atoms with Crippen LogP contribution >= 0.6 is 11.3 Å². The molecule has 0 fully saturated rings. The molecule has 0 saturated carbocycles. The maximum absolute atomic E-state index is 12.6. The maximum Gasteiger partial charge on any atom is 0.226 e. The van der Waals surface area contributed by atoms with Crippen LogP contribution in [0.4, 0.5) is 5.13 Å². The molecule has 4 rings (SSSR count). The van der Waals surface area contributed by atoms with Crippen LogP contribution in [0.25, 0.3) is 11.3 Å². The van der Waals surface area contributed by atoms with E-state index in [4.69, 9.17) is 14.5 Å². The van der Waals surface area contributed by atoms with E-state index >= 15 is 0 Å². The minimum Gasteiger partial charge on any atom is -0.468 e. The van der Waals surface area contributed by atoms with Gasteiger partial charge in [-0.3, -0.25) is 9.59 Å². The topological polar surface area (TPSA) is 77.5 Å². The molecule has 0 aliphatic rings. The highest BCUT2D eigenvalue weighted by Gasteiger charge is 2.16. The minimum absolute atomic E-state index is 0.0784. The third-order valence-electron chi connectivity index (χ3n) is 5.30. The Bertz CT molecular complexity index is 1260. The van der Waals surface area contributed by atoms with Crippen molar-refractivity contribution in [1.82, 2.24) is 4.98 Å². The van der Waals surface area contributed by atoms with Gasteiger partial charge in [-0.05, 0) is 29.8 Å².